The van der Waals surface area contributed by atoms with Gasteiger partial charge in [-0.2, -0.15) is 5.10 Å². The molecule has 1 heterocycles. The molecule has 2 aromatic carbocycles. The van der Waals surface area contributed by atoms with Crippen LogP contribution in [0, 0.1) is 0 Å². The lowest BCUT2D eigenvalue weighted by Gasteiger charge is -1.99. The summed E-state index contributed by atoms with van der Waals surface area (Å²) in [5, 5.41) is 4.56. The molecule has 0 aliphatic heterocycles. The van der Waals surface area contributed by atoms with Crippen molar-refractivity contribution in [3.63, 3.8) is 0 Å². The molecule has 0 bridgehead atoms. The molecule has 1 aromatic heterocycles. The third-order valence-corrected chi connectivity index (χ3v) is 3.17. The van der Waals surface area contributed by atoms with Crippen molar-refractivity contribution in [2.24, 2.45) is 19.1 Å². The third kappa shape index (κ3) is 2.28. The Morgan fingerprint density at radius 2 is 1.45 bits per heavy atom. The van der Waals surface area contributed by atoms with Crippen LogP contribution in [0.25, 0.3) is 11.4 Å². The van der Waals surface area contributed by atoms with Crippen molar-refractivity contribution in [2.45, 2.75) is 0 Å². The standard InChI is InChI=1S/C16H16N4/c1-19-15(13-9-5-3-6-10-13)18-20(2)16(19)17-14-11-7-4-8-12-14/h3-12H,1-2H3. The highest BCUT2D eigenvalue weighted by molar-refractivity contribution is 5.54. The Balaban J connectivity index is 2.15. The number of aryl methyl sites for hydroxylation is 1. The van der Waals surface area contributed by atoms with Gasteiger partial charge in [0, 0.05) is 19.7 Å². The molecule has 0 N–H and O–H groups in total. The smallest absolute Gasteiger partial charge is 0.228 e. The molecular weight excluding hydrogens is 248 g/mol. The largest absolute Gasteiger partial charge is 0.296 e. The molecule has 0 unspecified atom stereocenters. The summed E-state index contributed by atoms with van der Waals surface area (Å²) < 4.78 is 3.80. The number of hydrogen-bond donors (Lipinski definition) is 0. The summed E-state index contributed by atoms with van der Waals surface area (Å²) in [5.41, 5.74) is 2.82. The first-order valence-corrected chi connectivity index (χ1v) is 6.51. The van der Waals surface area contributed by atoms with Crippen molar-refractivity contribution in [1.29, 1.82) is 0 Å². The highest BCUT2D eigenvalue weighted by Crippen LogP contribution is 2.14. The van der Waals surface area contributed by atoms with E-state index < -0.39 is 0 Å². The van der Waals surface area contributed by atoms with Gasteiger partial charge in [0.1, 0.15) is 0 Å². The fraction of sp³-hybridized carbons (Fsp3) is 0.125. The molecule has 0 fully saturated rings. The summed E-state index contributed by atoms with van der Waals surface area (Å²) in [6.45, 7) is 0. The molecule has 0 saturated heterocycles. The first-order valence-electron chi connectivity index (χ1n) is 6.51. The SMILES string of the molecule is Cn1nc(-c2ccccc2)n(C)c1=Nc1ccccc1. The molecule has 20 heavy (non-hydrogen) atoms. The van der Waals surface area contributed by atoms with E-state index in [9.17, 15) is 0 Å². The Labute approximate surface area is 117 Å². The Morgan fingerprint density at radius 1 is 0.850 bits per heavy atom. The first-order chi connectivity index (χ1) is 9.75. The number of benzene rings is 2. The van der Waals surface area contributed by atoms with Crippen molar-refractivity contribution in [3.8, 4) is 11.4 Å². The molecule has 3 aromatic rings. The number of nitrogens with zero attached hydrogens (tertiary/aromatic N) is 4. The molecule has 0 amide bonds. The second-order valence-corrected chi connectivity index (χ2v) is 4.62. The Hall–Kier alpha value is -2.62. The van der Waals surface area contributed by atoms with E-state index in [2.05, 4.69) is 22.2 Å². The Morgan fingerprint density at radius 3 is 2.10 bits per heavy atom. The van der Waals surface area contributed by atoms with Crippen LogP contribution in [-0.4, -0.2) is 14.3 Å². The quantitative estimate of drug-likeness (QED) is 0.701. The zero-order valence-corrected chi connectivity index (χ0v) is 11.6. The molecule has 0 atom stereocenters. The molecule has 0 spiro atoms. The van der Waals surface area contributed by atoms with E-state index in [-0.39, 0.29) is 0 Å². The monoisotopic (exact) mass is 264 g/mol. The van der Waals surface area contributed by atoms with Crippen LogP contribution in [0.5, 0.6) is 0 Å². The molecule has 0 aliphatic rings. The van der Waals surface area contributed by atoms with E-state index in [1.807, 2.05) is 67.2 Å². The average Bonchev–Trinajstić information content (AvgIpc) is 2.77. The lowest BCUT2D eigenvalue weighted by atomic mass is 10.2. The Kier molecular flexibility index (Phi) is 3.21. The summed E-state index contributed by atoms with van der Waals surface area (Å²) in [7, 11) is 3.89. The molecule has 4 heteroatoms. The van der Waals surface area contributed by atoms with E-state index in [0.29, 0.717) is 0 Å². The van der Waals surface area contributed by atoms with E-state index in [4.69, 9.17) is 0 Å². The maximum atomic E-state index is 4.65. The first kappa shape index (κ1) is 12.4. The van der Waals surface area contributed by atoms with Crippen LogP contribution >= 0.6 is 0 Å². The van der Waals surface area contributed by atoms with Crippen molar-refractivity contribution < 1.29 is 0 Å². The van der Waals surface area contributed by atoms with Crippen LogP contribution in [-0.2, 0) is 14.1 Å². The molecule has 3 rings (SSSR count). The van der Waals surface area contributed by atoms with Gasteiger partial charge in [0.15, 0.2) is 5.82 Å². The zero-order chi connectivity index (χ0) is 13.9. The molecular formula is C16H16N4. The second kappa shape index (κ2) is 5.17. The van der Waals surface area contributed by atoms with Gasteiger partial charge in [-0.1, -0.05) is 48.5 Å². The summed E-state index contributed by atoms with van der Waals surface area (Å²) in [6, 6.07) is 20.0. The maximum absolute atomic E-state index is 4.65. The maximum Gasteiger partial charge on any atom is 0.228 e. The minimum absolute atomic E-state index is 0.815. The van der Waals surface area contributed by atoms with Crippen LogP contribution in [0.3, 0.4) is 0 Å². The van der Waals surface area contributed by atoms with Crippen molar-refractivity contribution in [2.75, 3.05) is 0 Å². The molecule has 4 nitrogen and oxygen atoms in total. The van der Waals surface area contributed by atoms with Crippen LogP contribution < -0.4 is 5.62 Å². The minimum atomic E-state index is 0.815. The highest BCUT2D eigenvalue weighted by atomic mass is 15.4. The van der Waals surface area contributed by atoms with E-state index in [1.165, 1.54) is 0 Å². The highest BCUT2D eigenvalue weighted by Gasteiger charge is 2.08. The van der Waals surface area contributed by atoms with Gasteiger partial charge < -0.3 is 0 Å². The van der Waals surface area contributed by atoms with E-state index in [0.717, 1.165) is 22.7 Å². The van der Waals surface area contributed by atoms with Crippen LogP contribution in [0.4, 0.5) is 5.69 Å². The number of rotatable bonds is 2. The van der Waals surface area contributed by atoms with Crippen LogP contribution in [0.2, 0.25) is 0 Å². The number of para-hydroxylation sites is 1. The predicted octanol–water partition coefficient (Wildman–Crippen LogP) is 2.66. The third-order valence-electron chi connectivity index (χ3n) is 3.17. The van der Waals surface area contributed by atoms with Gasteiger partial charge in [-0.15, -0.1) is 0 Å². The second-order valence-electron chi connectivity index (χ2n) is 4.62. The van der Waals surface area contributed by atoms with Crippen LogP contribution in [0.1, 0.15) is 0 Å². The lowest BCUT2D eigenvalue weighted by molar-refractivity contribution is 0.692. The van der Waals surface area contributed by atoms with Crippen molar-refractivity contribution in [3.05, 3.63) is 66.3 Å². The summed E-state index contributed by atoms with van der Waals surface area (Å²) in [4.78, 5) is 4.65. The van der Waals surface area contributed by atoms with Gasteiger partial charge in [0.2, 0.25) is 5.62 Å². The average molecular weight is 264 g/mol. The summed E-state index contributed by atoms with van der Waals surface area (Å²) >= 11 is 0. The van der Waals surface area contributed by atoms with E-state index >= 15 is 0 Å². The summed E-state index contributed by atoms with van der Waals surface area (Å²) in [6.07, 6.45) is 0. The minimum Gasteiger partial charge on any atom is -0.296 e. The van der Waals surface area contributed by atoms with Gasteiger partial charge in [-0.25, -0.2) is 9.67 Å². The van der Waals surface area contributed by atoms with Gasteiger partial charge in [0.05, 0.1) is 5.69 Å². The van der Waals surface area contributed by atoms with Crippen LogP contribution in [0.15, 0.2) is 65.7 Å². The van der Waals surface area contributed by atoms with E-state index in [1.54, 1.807) is 4.68 Å². The fourth-order valence-electron chi connectivity index (χ4n) is 2.17. The molecule has 100 valence electrons. The van der Waals surface area contributed by atoms with Crippen molar-refractivity contribution in [1.82, 2.24) is 14.3 Å². The van der Waals surface area contributed by atoms with Gasteiger partial charge in [0.25, 0.3) is 0 Å². The van der Waals surface area contributed by atoms with Gasteiger partial charge in [-0.3, -0.25) is 4.57 Å². The number of hydrogen-bond acceptors (Lipinski definition) is 2. The molecule has 0 aliphatic carbocycles. The zero-order valence-electron chi connectivity index (χ0n) is 11.6. The Bertz CT molecular complexity index is 767. The fourth-order valence-corrected chi connectivity index (χ4v) is 2.17. The van der Waals surface area contributed by atoms with Gasteiger partial charge >= 0.3 is 0 Å². The predicted molar refractivity (Wildman–Crippen MR) is 79.3 cm³/mol. The van der Waals surface area contributed by atoms with Crippen molar-refractivity contribution >= 4 is 5.69 Å². The summed E-state index contributed by atoms with van der Waals surface area (Å²) in [5.74, 6) is 0.905. The number of aromatic nitrogens is 3. The van der Waals surface area contributed by atoms with Gasteiger partial charge in [-0.05, 0) is 12.1 Å². The normalized spacial score (nSPS) is 11.8. The molecule has 0 saturated carbocycles. The lowest BCUT2D eigenvalue weighted by Crippen LogP contribution is -2.22. The topological polar surface area (TPSA) is 35.1 Å². The molecule has 0 radical (unpaired) electrons.